The van der Waals surface area contributed by atoms with Crippen LogP contribution in [0.15, 0.2) is 109 Å². The largest absolute Gasteiger partial charge is 0.489 e. The number of ether oxygens (including phenoxy) is 2. The van der Waals surface area contributed by atoms with E-state index in [0.29, 0.717) is 25.1 Å². The highest BCUT2D eigenvalue weighted by Crippen LogP contribution is 2.17. The van der Waals surface area contributed by atoms with E-state index in [2.05, 4.69) is 21.2 Å². The van der Waals surface area contributed by atoms with Gasteiger partial charge in [0.05, 0.1) is 17.5 Å². The standard InChI is InChI=1S/C15H14N2O.C13H13NO.C2H2BrN/c16-10-11-17-14-6-8-15(9-7-14)18-12-13-4-2-1-3-5-13;14-12-6-8-13(9-7-12)15-10-11-4-2-1-3-5-11;3-1-2-4/h1-9,17H,11-12H2;1-9H,10,14H2;1H2. The van der Waals surface area contributed by atoms with Crippen molar-refractivity contribution in [2.75, 3.05) is 22.9 Å². The van der Waals surface area contributed by atoms with E-state index in [1.165, 1.54) is 0 Å². The zero-order chi connectivity index (χ0) is 26.6. The zero-order valence-electron chi connectivity index (χ0n) is 20.4. The molecule has 0 spiro atoms. The summed E-state index contributed by atoms with van der Waals surface area (Å²) >= 11 is 2.89. The van der Waals surface area contributed by atoms with Gasteiger partial charge in [0.15, 0.2) is 0 Å². The summed E-state index contributed by atoms with van der Waals surface area (Å²) in [4.78, 5) is 0. The monoisotopic (exact) mass is 556 g/mol. The number of hydrogen-bond donors (Lipinski definition) is 2. The number of nitrogen functional groups attached to an aromatic ring is 1. The lowest BCUT2D eigenvalue weighted by Crippen LogP contribution is -1.98. The van der Waals surface area contributed by atoms with Crippen LogP contribution in [-0.2, 0) is 13.2 Å². The van der Waals surface area contributed by atoms with Crippen molar-refractivity contribution in [3.05, 3.63) is 120 Å². The molecule has 6 nitrogen and oxygen atoms in total. The van der Waals surface area contributed by atoms with Crippen LogP contribution >= 0.6 is 15.9 Å². The fourth-order valence-electron chi connectivity index (χ4n) is 2.86. The van der Waals surface area contributed by atoms with E-state index in [9.17, 15) is 0 Å². The Balaban J connectivity index is 0.000000230. The molecular formula is C30H29BrN4O2. The maximum atomic E-state index is 8.46. The van der Waals surface area contributed by atoms with Crippen molar-refractivity contribution in [1.82, 2.24) is 0 Å². The van der Waals surface area contributed by atoms with E-state index in [4.69, 9.17) is 25.7 Å². The molecule has 0 radical (unpaired) electrons. The van der Waals surface area contributed by atoms with E-state index in [0.717, 1.165) is 34.0 Å². The Labute approximate surface area is 227 Å². The first kappa shape index (κ1) is 28.8. The van der Waals surface area contributed by atoms with Gasteiger partial charge in [-0.1, -0.05) is 76.6 Å². The summed E-state index contributed by atoms with van der Waals surface area (Å²) in [5.74, 6) is 1.66. The van der Waals surface area contributed by atoms with E-state index >= 15 is 0 Å². The molecule has 0 aromatic heterocycles. The number of rotatable bonds is 8. The van der Waals surface area contributed by atoms with Crippen molar-refractivity contribution >= 4 is 27.3 Å². The minimum Gasteiger partial charge on any atom is -0.489 e. The molecule has 4 rings (SSSR count). The fourth-order valence-corrected chi connectivity index (χ4v) is 2.86. The Morgan fingerprint density at radius 1 is 0.649 bits per heavy atom. The summed E-state index contributed by atoms with van der Waals surface area (Å²) in [6.07, 6.45) is 0. The fraction of sp³-hybridized carbons (Fsp3) is 0.133. The van der Waals surface area contributed by atoms with Gasteiger partial charge in [-0.2, -0.15) is 10.5 Å². The topological polar surface area (TPSA) is 104 Å². The Bertz CT molecular complexity index is 1220. The molecule has 0 aliphatic heterocycles. The van der Waals surface area contributed by atoms with Gasteiger partial charge in [0.1, 0.15) is 31.3 Å². The summed E-state index contributed by atoms with van der Waals surface area (Å²) in [6, 6.07) is 39.0. The van der Waals surface area contributed by atoms with Crippen LogP contribution < -0.4 is 20.5 Å². The summed E-state index contributed by atoms with van der Waals surface area (Å²) < 4.78 is 11.3. The average Bonchev–Trinajstić information content (AvgIpc) is 2.97. The molecule has 0 amide bonds. The highest BCUT2D eigenvalue weighted by molar-refractivity contribution is 9.09. The number of nitrogens with two attached hydrogens (primary N) is 1. The quantitative estimate of drug-likeness (QED) is 0.138. The van der Waals surface area contributed by atoms with Crippen LogP contribution in [0, 0.1) is 22.7 Å². The number of nitriles is 2. The van der Waals surface area contributed by atoms with Crippen molar-refractivity contribution in [2.24, 2.45) is 0 Å². The lowest BCUT2D eigenvalue weighted by molar-refractivity contribution is 0.306. The Kier molecular flexibility index (Phi) is 13.9. The van der Waals surface area contributed by atoms with Crippen molar-refractivity contribution < 1.29 is 9.47 Å². The van der Waals surface area contributed by atoms with Crippen LogP contribution in [0.2, 0.25) is 0 Å². The molecule has 0 heterocycles. The number of hydrogen-bond acceptors (Lipinski definition) is 6. The molecule has 4 aromatic rings. The van der Waals surface area contributed by atoms with Crippen LogP contribution in [-0.4, -0.2) is 11.9 Å². The highest BCUT2D eigenvalue weighted by atomic mass is 79.9. The predicted molar refractivity (Wildman–Crippen MR) is 152 cm³/mol. The smallest absolute Gasteiger partial charge is 0.119 e. The lowest BCUT2D eigenvalue weighted by Gasteiger charge is -2.07. The molecule has 0 saturated heterocycles. The van der Waals surface area contributed by atoms with Gasteiger partial charge in [-0.05, 0) is 59.7 Å². The van der Waals surface area contributed by atoms with Crippen molar-refractivity contribution in [1.29, 1.82) is 10.5 Å². The van der Waals surface area contributed by atoms with Crippen LogP contribution in [0.5, 0.6) is 11.5 Å². The molecule has 0 unspecified atom stereocenters. The van der Waals surface area contributed by atoms with Crippen molar-refractivity contribution in [2.45, 2.75) is 13.2 Å². The maximum Gasteiger partial charge on any atom is 0.119 e. The number of alkyl halides is 1. The average molecular weight is 557 g/mol. The third-order valence-electron chi connectivity index (χ3n) is 4.66. The minimum absolute atomic E-state index is 0.310. The summed E-state index contributed by atoms with van der Waals surface area (Å²) in [5, 5.41) is 19.4. The molecule has 37 heavy (non-hydrogen) atoms. The van der Waals surface area contributed by atoms with Crippen LogP contribution in [0.1, 0.15) is 11.1 Å². The van der Waals surface area contributed by atoms with Gasteiger partial charge < -0.3 is 20.5 Å². The maximum absolute atomic E-state index is 8.46. The molecule has 0 atom stereocenters. The van der Waals surface area contributed by atoms with E-state index < -0.39 is 0 Å². The normalized spacial score (nSPS) is 9.16. The number of nitrogens with zero attached hydrogens (tertiary/aromatic N) is 2. The molecule has 0 bridgehead atoms. The molecular weight excluding hydrogens is 528 g/mol. The van der Waals surface area contributed by atoms with Crippen molar-refractivity contribution in [3.63, 3.8) is 0 Å². The highest BCUT2D eigenvalue weighted by Gasteiger charge is 1.97. The number of halogens is 1. The minimum atomic E-state index is 0.310. The molecule has 7 heteroatoms. The molecule has 0 fully saturated rings. The molecule has 0 aliphatic rings. The van der Waals surface area contributed by atoms with Gasteiger partial charge >= 0.3 is 0 Å². The zero-order valence-corrected chi connectivity index (χ0v) is 22.0. The van der Waals surface area contributed by atoms with Crippen LogP contribution in [0.3, 0.4) is 0 Å². The van der Waals surface area contributed by atoms with Gasteiger partial charge in [0, 0.05) is 11.4 Å². The second-order valence-electron chi connectivity index (χ2n) is 7.45. The molecule has 3 N–H and O–H groups in total. The summed E-state index contributed by atoms with van der Waals surface area (Å²) in [6.45, 7) is 1.46. The SMILES string of the molecule is N#CCBr.N#CCNc1ccc(OCc2ccccc2)cc1.Nc1ccc(OCc2ccccc2)cc1. The third kappa shape index (κ3) is 12.7. The Morgan fingerprint density at radius 2 is 1.08 bits per heavy atom. The Hall–Kier alpha value is -4.46. The number of nitrogens with one attached hydrogen (secondary N) is 1. The summed E-state index contributed by atoms with van der Waals surface area (Å²) in [5.41, 5.74) is 9.55. The van der Waals surface area contributed by atoms with Gasteiger partial charge in [-0.15, -0.1) is 0 Å². The molecule has 188 valence electrons. The second kappa shape index (κ2) is 17.9. The van der Waals surface area contributed by atoms with Crippen LogP contribution in [0.25, 0.3) is 0 Å². The first-order valence-electron chi connectivity index (χ1n) is 11.5. The van der Waals surface area contributed by atoms with Gasteiger partial charge in [-0.3, -0.25) is 0 Å². The van der Waals surface area contributed by atoms with E-state index in [-0.39, 0.29) is 0 Å². The van der Waals surface area contributed by atoms with Gasteiger partial charge in [0.2, 0.25) is 0 Å². The molecule has 4 aromatic carbocycles. The van der Waals surface area contributed by atoms with E-state index in [1.807, 2.05) is 121 Å². The van der Waals surface area contributed by atoms with E-state index in [1.54, 1.807) is 0 Å². The molecule has 0 aliphatic carbocycles. The predicted octanol–water partition coefficient (Wildman–Crippen LogP) is 6.95. The third-order valence-corrected chi connectivity index (χ3v) is 4.91. The Morgan fingerprint density at radius 3 is 1.49 bits per heavy atom. The lowest BCUT2D eigenvalue weighted by atomic mass is 10.2. The first-order chi connectivity index (χ1) is 18.1. The number of anilines is 2. The van der Waals surface area contributed by atoms with Crippen LogP contribution in [0.4, 0.5) is 11.4 Å². The second-order valence-corrected chi connectivity index (χ2v) is 8.01. The van der Waals surface area contributed by atoms with Crippen molar-refractivity contribution in [3.8, 4) is 23.6 Å². The van der Waals surface area contributed by atoms with Gasteiger partial charge in [-0.25, -0.2) is 0 Å². The summed E-state index contributed by atoms with van der Waals surface area (Å²) in [7, 11) is 0. The van der Waals surface area contributed by atoms with Gasteiger partial charge in [0.25, 0.3) is 0 Å². The number of benzene rings is 4. The first-order valence-corrected chi connectivity index (χ1v) is 12.6. The molecule has 0 saturated carbocycles.